The van der Waals surface area contributed by atoms with Gasteiger partial charge in [-0.1, -0.05) is 18.2 Å². The van der Waals surface area contributed by atoms with Crippen LogP contribution in [0.25, 0.3) is 11.6 Å². The maximum Gasteiger partial charge on any atom is 0.258 e. The number of fused-ring (bicyclic) bond motifs is 1. The van der Waals surface area contributed by atoms with Crippen LogP contribution in [-0.2, 0) is 4.79 Å². The highest BCUT2D eigenvalue weighted by atomic mass is 32.1. The van der Waals surface area contributed by atoms with E-state index in [-0.39, 0.29) is 11.8 Å². The van der Waals surface area contributed by atoms with Crippen LogP contribution in [0, 0.1) is 13.8 Å². The fourth-order valence-corrected chi connectivity index (χ4v) is 3.10. The molecule has 3 rings (SSSR count). The summed E-state index contributed by atoms with van der Waals surface area (Å²) in [6.45, 7) is 3.84. The molecule has 0 spiro atoms. The molecule has 0 unspecified atom stereocenters. The van der Waals surface area contributed by atoms with E-state index in [4.69, 9.17) is 0 Å². The van der Waals surface area contributed by atoms with Crippen LogP contribution < -0.4 is 5.32 Å². The van der Waals surface area contributed by atoms with Crippen molar-refractivity contribution in [1.29, 1.82) is 0 Å². The van der Waals surface area contributed by atoms with Crippen molar-refractivity contribution in [1.82, 2.24) is 10.3 Å². The second-order valence-electron chi connectivity index (χ2n) is 4.57. The largest absolute Gasteiger partial charge is 0.288 e. The Morgan fingerprint density at radius 1 is 1.10 bits per heavy atom. The highest BCUT2D eigenvalue weighted by molar-refractivity contribution is 7.12. The summed E-state index contributed by atoms with van der Waals surface area (Å²) in [6, 6.07) is 7.12. The second kappa shape index (κ2) is 4.68. The van der Waals surface area contributed by atoms with E-state index in [2.05, 4.69) is 10.3 Å². The number of carbonyl (C=O) groups is 2. The number of hydrogen-bond donors (Lipinski definition) is 1. The first-order chi connectivity index (χ1) is 9.56. The highest BCUT2D eigenvalue weighted by Crippen LogP contribution is 2.28. The van der Waals surface area contributed by atoms with Crippen molar-refractivity contribution < 1.29 is 9.59 Å². The molecule has 1 N–H and O–H groups in total. The monoisotopic (exact) mass is 284 g/mol. The van der Waals surface area contributed by atoms with Gasteiger partial charge in [-0.15, -0.1) is 11.3 Å². The molecule has 20 heavy (non-hydrogen) atoms. The van der Waals surface area contributed by atoms with Gasteiger partial charge in [-0.2, -0.15) is 0 Å². The summed E-state index contributed by atoms with van der Waals surface area (Å²) in [5.41, 5.74) is 2.60. The maximum atomic E-state index is 12.1. The van der Waals surface area contributed by atoms with E-state index >= 15 is 0 Å². The van der Waals surface area contributed by atoms with Gasteiger partial charge in [-0.05, 0) is 31.6 Å². The van der Waals surface area contributed by atoms with E-state index in [1.54, 1.807) is 24.3 Å². The van der Waals surface area contributed by atoms with Crippen molar-refractivity contribution in [2.45, 2.75) is 13.8 Å². The lowest BCUT2D eigenvalue weighted by Crippen LogP contribution is -2.36. The first kappa shape index (κ1) is 12.7. The van der Waals surface area contributed by atoms with E-state index in [0.717, 1.165) is 15.6 Å². The molecule has 2 amide bonds. The summed E-state index contributed by atoms with van der Waals surface area (Å²) < 4.78 is 0. The van der Waals surface area contributed by atoms with Gasteiger partial charge in [-0.3, -0.25) is 14.9 Å². The number of imide groups is 1. The number of rotatable bonds is 1. The molecule has 0 bridgehead atoms. The Kier molecular flexibility index (Phi) is 2.99. The minimum Gasteiger partial charge on any atom is -0.288 e. The summed E-state index contributed by atoms with van der Waals surface area (Å²) >= 11 is 1.53. The molecule has 100 valence electrons. The quantitative estimate of drug-likeness (QED) is 0.647. The summed E-state index contributed by atoms with van der Waals surface area (Å²) in [5.74, 6) is -0.709. The fraction of sp³-hybridized carbons (Fsp3) is 0.133. The van der Waals surface area contributed by atoms with Gasteiger partial charge in [-0.25, -0.2) is 4.98 Å². The number of aromatic nitrogens is 1. The third-order valence-electron chi connectivity index (χ3n) is 3.15. The maximum absolute atomic E-state index is 12.1. The number of nitrogens with zero attached hydrogens (tertiary/aromatic N) is 1. The zero-order chi connectivity index (χ0) is 14.3. The van der Waals surface area contributed by atoms with Crippen LogP contribution in [0.15, 0.2) is 24.3 Å². The predicted octanol–water partition coefficient (Wildman–Crippen LogP) is 2.57. The van der Waals surface area contributed by atoms with Crippen LogP contribution in [0.1, 0.15) is 31.5 Å². The van der Waals surface area contributed by atoms with Gasteiger partial charge in [0.15, 0.2) is 0 Å². The van der Waals surface area contributed by atoms with Crippen LogP contribution in [0.4, 0.5) is 0 Å². The number of benzene rings is 1. The average Bonchev–Trinajstić information content (AvgIpc) is 2.73. The molecule has 1 aliphatic heterocycles. The van der Waals surface area contributed by atoms with Crippen LogP contribution in [0.5, 0.6) is 0 Å². The standard InChI is InChI=1S/C15H12N2O2S/c1-8-13(20-9(2)16-8)7-12-10-5-3-4-6-11(10)14(18)17-15(12)19/h3-7H,1-2H3,(H,17,18,19)/b12-7-. The lowest BCUT2D eigenvalue weighted by molar-refractivity contribution is -0.114. The van der Waals surface area contributed by atoms with Crippen molar-refractivity contribution in [3.8, 4) is 0 Å². The van der Waals surface area contributed by atoms with E-state index in [0.29, 0.717) is 16.7 Å². The van der Waals surface area contributed by atoms with Gasteiger partial charge in [0.1, 0.15) is 0 Å². The molecular weight excluding hydrogens is 272 g/mol. The molecule has 2 heterocycles. The molecule has 5 heteroatoms. The number of nitrogens with one attached hydrogen (secondary N) is 1. The molecule has 0 aliphatic carbocycles. The number of aryl methyl sites for hydroxylation is 2. The Morgan fingerprint density at radius 3 is 2.45 bits per heavy atom. The van der Waals surface area contributed by atoms with Gasteiger partial charge >= 0.3 is 0 Å². The lowest BCUT2D eigenvalue weighted by atomic mass is 9.94. The van der Waals surface area contributed by atoms with E-state index in [1.807, 2.05) is 19.9 Å². The molecule has 0 atom stereocenters. The topological polar surface area (TPSA) is 59.1 Å². The number of thiazole rings is 1. The summed E-state index contributed by atoms with van der Waals surface area (Å²) in [6.07, 6.45) is 1.81. The Bertz CT molecular complexity index is 759. The minimum absolute atomic E-state index is 0.347. The molecule has 1 aromatic carbocycles. The Labute approximate surface area is 120 Å². The summed E-state index contributed by atoms with van der Waals surface area (Å²) in [7, 11) is 0. The van der Waals surface area contributed by atoms with Gasteiger partial charge in [0.2, 0.25) is 0 Å². The predicted molar refractivity (Wildman–Crippen MR) is 78.4 cm³/mol. The van der Waals surface area contributed by atoms with E-state index < -0.39 is 0 Å². The molecular formula is C15H12N2O2S. The third kappa shape index (κ3) is 2.06. The van der Waals surface area contributed by atoms with Gasteiger partial charge in [0.25, 0.3) is 11.8 Å². The molecule has 1 aliphatic rings. The Balaban J connectivity index is 2.18. The van der Waals surface area contributed by atoms with E-state index in [1.165, 1.54) is 11.3 Å². The molecule has 2 aromatic rings. The highest BCUT2D eigenvalue weighted by Gasteiger charge is 2.26. The second-order valence-corrected chi connectivity index (χ2v) is 5.80. The molecule has 0 radical (unpaired) electrons. The zero-order valence-corrected chi connectivity index (χ0v) is 11.9. The van der Waals surface area contributed by atoms with Crippen molar-refractivity contribution in [2.75, 3.05) is 0 Å². The van der Waals surface area contributed by atoms with Crippen LogP contribution in [0.3, 0.4) is 0 Å². The molecule has 1 aromatic heterocycles. The lowest BCUT2D eigenvalue weighted by Gasteiger charge is -2.17. The molecule has 0 saturated heterocycles. The molecule has 0 saturated carbocycles. The first-order valence-electron chi connectivity index (χ1n) is 6.17. The Morgan fingerprint density at radius 2 is 1.80 bits per heavy atom. The number of amides is 2. The zero-order valence-electron chi connectivity index (χ0n) is 11.1. The fourth-order valence-electron chi connectivity index (χ4n) is 2.23. The minimum atomic E-state index is -0.362. The first-order valence-corrected chi connectivity index (χ1v) is 6.98. The van der Waals surface area contributed by atoms with Crippen molar-refractivity contribution >= 4 is 34.8 Å². The Hall–Kier alpha value is -2.27. The summed E-state index contributed by atoms with van der Waals surface area (Å²) in [5, 5.41) is 3.32. The van der Waals surface area contributed by atoms with Crippen LogP contribution >= 0.6 is 11.3 Å². The normalized spacial score (nSPS) is 16.2. The van der Waals surface area contributed by atoms with Gasteiger partial charge in [0, 0.05) is 11.1 Å². The van der Waals surface area contributed by atoms with Crippen molar-refractivity contribution in [3.05, 3.63) is 51.0 Å². The third-order valence-corrected chi connectivity index (χ3v) is 4.17. The molecule has 4 nitrogen and oxygen atoms in total. The number of hydrogen-bond acceptors (Lipinski definition) is 4. The van der Waals surface area contributed by atoms with E-state index in [9.17, 15) is 9.59 Å². The van der Waals surface area contributed by atoms with Crippen molar-refractivity contribution in [2.24, 2.45) is 0 Å². The van der Waals surface area contributed by atoms with Gasteiger partial charge < -0.3 is 0 Å². The van der Waals surface area contributed by atoms with Crippen LogP contribution in [0.2, 0.25) is 0 Å². The van der Waals surface area contributed by atoms with Crippen LogP contribution in [-0.4, -0.2) is 16.8 Å². The smallest absolute Gasteiger partial charge is 0.258 e. The van der Waals surface area contributed by atoms with Gasteiger partial charge in [0.05, 0.1) is 15.6 Å². The number of carbonyl (C=O) groups excluding carboxylic acids is 2. The summed E-state index contributed by atoms with van der Waals surface area (Å²) in [4.78, 5) is 29.2. The SMILES string of the molecule is Cc1nc(C)c(/C=C2\C(=O)NC(=O)c3ccccc32)s1. The molecule has 0 fully saturated rings. The van der Waals surface area contributed by atoms with Crippen molar-refractivity contribution in [3.63, 3.8) is 0 Å². The average molecular weight is 284 g/mol.